The highest BCUT2D eigenvalue weighted by Gasteiger charge is 2.57. The summed E-state index contributed by atoms with van der Waals surface area (Å²) < 4.78 is 11.3. The Morgan fingerprint density at radius 2 is 1.31 bits per heavy atom. The van der Waals surface area contributed by atoms with Gasteiger partial charge >= 0.3 is 11.9 Å². The van der Waals surface area contributed by atoms with Crippen LogP contribution in [-0.2, 0) is 42.5 Å². The van der Waals surface area contributed by atoms with E-state index in [0.29, 0.717) is 5.56 Å². The first-order valence-corrected chi connectivity index (χ1v) is 13.2. The number of benzene rings is 3. The zero-order valence-corrected chi connectivity index (χ0v) is 22.9. The Bertz CT molecular complexity index is 1290. The third-order valence-electron chi connectivity index (χ3n) is 7.38. The Balaban J connectivity index is 1.69. The first-order chi connectivity index (χ1) is 18.5. The van der Waals surface area contributed by atoms with Gasteiger partial charge in [-0.05, 0) is 34.6 Å². The molecule has 4 atom stereocenters. The first-order valence-electron chi connectivity index (χ1n) is 13.2. The van der Waals surface area contributed by atoms with Crippen LogP contribution in [0.2, 0.25) is 0 Å². The van der Waals surface area contributed by atoms with Crippen molar-refractivity contribution < 1.29 is 29.0 Å². The molecule has 39 heavy (non-hydrogen) atoms. The molecule has 0 bridgehead atoms. The van der Waals surface area contributed by atoms with Gasteiger partial charge in [0.2, 0.25) is 0 Å². The van der Waals surface area contributed by atoms with Gasteiger partial charge in [-0.25, -0.2) is 0 Å². The summed E-state index contributed by atoms with van der Waals surface area (Å²) >= 11 is 0. The van der Waals surface area contributed by atoms with Crippen LogP contribution in [0.1, 0.15) is 62.3 Å². The molecule has 4 unspecified atom stereocenters. The van der Waals surface area contributed by atoms with Gasteiger partial charge in [0.15, 0.2) is 5.78 Å². The number of rotatable bonds is 7. The van der Waals surface area contributed by atoms with E-state index in [1.165, 1.54) is 6.92 Å². The van der Waals surface area contributed by atoms with Crippen LogP contribution in [-0.4, -0.2) is 28.4 Å². The zero-order valence-electron chi connectivity index (χ0n) is 22.9. The van der Waals surface area contributed by atoms with Crippen molar-refractivity contribution in [2.45, 2.75) is 64.3 Å². The van der Waals surface area contributed by atoms with E-state index in [1.54, 1.807) is 0 Å². The fourth-order valence-corrected chi connectivity index (χ4v) is 5.26. The van der Waals surface area contributed by atoms with E-state index in [1.807, 2.05) is 84.9 Å². The molecule has 0 heterocycles. The molecule has 1 fully saturated rings. The first kappa shape index (κ1) is 28.2. The summed E-state index contributed by atoms with van der Waals surface area (Å²) in [6, 6.07) is 25.9. The van der Waals surface area contributed by atoms with E-state index >= 15 is 0 Å². The zero-order chi connectivity index (χ0) is 28.2. The summed E-state index contributed by atoms with van der Waals surface area (Å²) in [6.45, 7) is 7.73. The molecule has 1 N–H and O–H groups in total. The van der Waals surface area contributed by atoms with Crippen molar-refractivity contribution in [3.8, 4) is 0 Å². The smallest absolute Gasteiger partial charge is 0.317 e. The molecule has 6 heteroatoms. The van der Waals surface area contributed by atoms with Gasteiger partial charge in [0.05, 0.1) is 11.5 Å². The van der Waals surface area contributed by atoms with E-state index in [0.717, 1.165) is 16.7 Å². The van der Waals surface area contributed by atoms with Gasteiger partial charge in [-0.3, -0.25) is 14.4 Å². The number of hydrogen-bond donors (Lipinski definition) is 1. The largest absolute Gasteiger partial charge is 0.461 e. The van der Waals surface area contributed by atoms with Crippen LogP contribution in [0, 0.1) is 11.8 Å². The molecular formula is C33H36O6. The molecule has 0 saturated heterocycles. The predicted octanol–water partition coefficient (Wildman–Crippen LogP) is 5.51. The quantitative estimate of drug-likeness (QED) is 0.321. The molecule has 3 aromatic rings. The molecule has 1 saturated carbocycles. The molecule has 3 aromatic carbocycles. The van der Waals surface area contributed by atoms with Crippen LogP contribution >= 0.6 is 0 Å². The van der Waals surface area contributed by atoms with Gasteiger partial charge in [0, 0.05) is 12.3 Å². The molecule has 1 aliphatic carbocycles. The second-order valence-corrected chi connectivity index (χ2v) is 11.5. The number of Topliss-reactive ketones (excluding diaryl/α,β-unsaturated/α-hetero) is 1. The highest BCUT2D eigenvalue weighted by molar-refractivity contribution is 6.02. The SMILES string of the molecule is CC(C)(C)c1ccc(C2C(C(=O)OCc3ccccc3)C(=O)CC(C)(O)C2C(=O)OCc2ccccc2)cc1. The fourth-order valence-electron chi connectivity index (χ4n) is 5.26. The van der Waals surface area contributed by atoms with Crippen LogP contribution < -0.4 is 0 Å². The van der Waals surface area contributed by atoms with Gasteiger partial charge in [0.1, 0.15) is 19.1 Å². The number of aliphatic hydroxyl groups is 1. The Morgan fingerprint density at radius 1 is 0.821 bits per heavy atom. The van der Waals surface area contributed by atoms with Crippen molar-refractivity contribution in [1.82, 2.24) is 0 Å². The minimum Gasteiger partial charge on any atom is -0.461 e. The standard InChI is InChI=1S/C33H36O6/c1-32(2,3)25-17-15-24(16-18-25)27-28(30(35)38-20-22-11-7-5-8-12-22)26(34)19-33(4,37)29(27)31(36)39-21-23-13-9-6-10-14-23/h5-18,27-29,37H,19-21H2,1-4H3. The van der Waals surface area contributed by atoms with E-state index < -0.39 is 41.1 Å². The van der Waals surface area contributed by atoms with Crippen molar-refractivity contribution in [3.63, 3.8) is 0 Å². The third-order valence-corrected chi connectivity index (χ3v) is 7.38. The summed E-state index contributed by atoms with van der Waals surface area (Å²) in [5, 5.41) is 11.4. The molecule has 204 valence electrons. The van der Waals surface area contributed by atoms with Gasteiger partial charge in [-0.1, -0.05) is 106 Å². The van der Waals surface area contributed by atoms with Crippen LogP contribution in [0.15, 0.2) is 84.9 Å². The Kier molecular flexibility index (Phi) is 8.36. The maximum absolute atomic E-state index is 13.6. The molecule has 0 aliphatic heterocycles. The number of esters is 2. The molecule has 0 spiro atoms. The van der Waals surface area contributed by atoms with Crippen molar-refractivity contribution in [1.29, 1.82) is 0 Å². The normalized spacial score (nSPS) is 23.2. The van der Waals surface area contributed by atoms with Gasteiger partial charge < -0.3 is 14.6 Å². The summed E-state index contributed by atoms with van der Waals surface area (Å²) in [5.41, 5.74) is 1.41. The van der Waals surface area contributed by atoms with E-state index in [-0.39, 0.29) is 25.0 Å². The van der Waals surface area contributed by atoms with Gasteiger partial charge in [-0.15, -0.1) is 0 Å². The maximum atomic E-state index is 13.6. The predicted molar refractivity (Wildman–Crippen MR) is 148 cm³/mol. The lowest BCUT2D eigenvalue weighted by molar-refractivity contribution is -0.174. The second kappa shape index (κ2) is 11.5. The van der Waals surface area contributed by atoms with Gasteiger partial charge in [-0.2, -0.15) is 0 Å². The average molecular weight is 529 g/mol. The lowest BCUT2D eigenvalue weighted by Gasteiger charge is -2.43. The Hall–Kier alpha value is -3.77. The number of ether oxygens (including phenoxy) is 2. The highest BCUT2D eigenvalue weighted by Crippen LogP contribution is 2.47. The minimum atomic E-state index is -1.71. The summed E-state index contributed by atoms with van der Waals surface area (Å²) in [5.74, 6) is -5.22. The number of carbonyl (C=O) groups is 3. The molecule has 0 amide bonds. The van der Waals surface area contributed by atoms with Crippen LogP contribution in [0.3, 0.4) is 0 Å². The van der Waals surface area contributed by atoms with Crippen LogP contribution in [0.5, 0.6) is 0 Å². The summed E-state index contributed by atoms with van der Waals surface area (Å²) in [7, 11) is 0. The number of hydrogen-bond acceptors (Lipinski definition) is 6. The molecular weight excluding hydrogens is 492 g/mol. The summed E-state index contributed by atoms with van der Waals surface area (Å²) in [4.78, 5) is 40.5. The van der Waals surface area contributed by atoms with Crippen molar-refractivity contribution in [3.05, 3.63) is 107 Å². The monoisotopic (exact) mass is 528 g/mol. The van der Waals surface area contributed by atoms with E-state index in [4.69, 9.17) is 9.47 Å². The van der Waals surface area contributed by atoms with Crippen molar-refractivity contribution in [2.24, 2.45) is 11.8 Å². The van der Waals surface area contributed by atoms with Crippen molar-refractivity contribution in [2.75, 3.05) is 0 Å². The molecule has 6 nitrogen and oxygen atoms in total. The molecule has 1 aliphatic rings. The number of ketones is 1. The van der Waals surface area contributed by atoms with Crippen molar-refractivity contribution >= 4 is 17.7 Å². The topological polar surface area (TPSA) is 89.9 Å². The maximum Gasteiger partial charge on any atom is 0.317 e. The summed E-state index contributed by atoms with van der Waals surface area (Å²) in [6.07, 6.45) is -0.361. The molecule has 0 radical (unpaired) electrons. The van der Waals surface area contributed by atoms with Crippen LogP contribution in [0.25, 0.3) is 0 Å². The Morgan fingerprint density at radius 3 is 1.79 bits per heavy atom. The fraction of sp³-hybridized carbons (Fsp3) is 0.364. The third kappa shape index (κ3) is 6.63. The average Bonchev–Trinajstić information content (AvgIpc) is 2.90. The molecule has 0 aromatic heterocycles. The molecule has 4 rings (SSSR count). The van der Waals surface area contributed by atoms with Gasteiger partial charge in [0.25, 0.3) is 0 Å². The minimum absolute atomic E-state index is 0.00134. The van der Waals surface area contributed by atoms with Crippen LogP contribution in [0.4, 0.5) is 0 Å². The van der Waals surface area contributed by atoms with E-state index in [9.17, 15) is 19.5 Å². The van der Waals surface area contributed by atoms with E-state index in [2.05, 4.69) is 20.8 Å². The highest BCUT2D eigenvalue weighted by atomic mass is 16.5. The lowest BCUT2D eigenvalue weighted by Crippen LogP contribution is -2.55. The number of carbonyl (C=O) groups excluding carboxylic acids is 3. The second-order valence-electron chi connectivity index (χ2n) is 11.5. The lowest BCUT2D eigenvalue weighted by atomic mass is 9.61. The Labute approximate surface area is 230 Å².